The van der Waals surface area contributed by atoms with E-state index in [4.69, 9.17) is 20.3 Å². The van der Waals surface area contributed by atoms with Crippen molar-refractivity contribution < 1.29 is 77.7 Å². The number of pyridine rings is 2. The van der Waals surface area contributed by atoms with Gasteiger partial charge in [0, 0.05) is 68.1 Å². The average Bonchev–Trinajstić information content (AvgIpc) is 3.76. The number of carboxylic acids is 1. The number of rotatable bonds is 8. The van der Waals surface area contributed by atoms with E-state index in [9.17, 15) is 63.1 Å². The summed E-state index contributed by atoms with van der Waals surface area (Å²) in [5.74, 6) is -7.47. The van der Waals surface area contributed by atoms with Crippen molar-refractivity contribution in [2.75, 3.05) is 13.1 Å². The molecular formula is C47H51F10N9O7. The van der Waals surface area contributed by atoms with Gasteiger partial charge >= 0.3 is 30.5 Å². The summed E-state index contributed by atoms with van der Waals surface area (Å²) < 4.78 is 140. The number of likely N-dealkylation sites (tertiary alicyclic amines) is 2. The molecule has 4 aliphatic rings. The first-order valence-electron chi connectivity index (χ1n) is 22.5. The minimum absolute atomic E-state index is 0.0761. The van der Waals surface area contributed by atoms with Crippen LogP contribution in [0.4, 0.5) is 53.5 Å². The molecule has 396 valence electrons. The van der Waals surface area contributed by atoms with Gasteiger partial charge in [0.05, 0.1) is 34.0 Å². The van der Waals surface area contributed by atoms with Gasteiger partial charge in [0.25, 0.3) is 11.8 Å². The molecule has 2 unspecified atom stereocenters. The number of carbonyl (C=O) groups is 4. The third kappa shape index (κ3) is 13.3. The van der Waals surface area contributed by atoms with Crippen molar-refractivity contribution in [3.05, 3.63) is 84.2 Å². The van der Waals surface area contributed by atoms with Crippen LogP contribution in [0.3, 0.4) is 0 Å². The average molecular weight is 1040 g/mol. The van der Waals surface area contributed by atoms with E-state index in [-0.39, 0.29) is 58.2 Å². The number of ketones is 1. The number of aryl methyl sites for hydroxylation is 1. The van der Waals surface area contributed by atoms with Crippen LogP contribution in [0.2, 0.25) is 0 Å². The molecule has 2 saturated carbocycles. The molecule has 4 aromatic heterocycles. The smallest absolute Gasteiger partial charge is 0.433 e. The Kier molecular flexibility index (Phi) is 15.3. The summed E-state index contributed by atoms with van der Waals surface area (Å²) in [6.07, 6.45) is -6.97. The lowest BCUT2D eigenvalue weighted by Gasteiger charge is -2.28. The number of Topliss-reactive ketones (excluding diaryl/α,β-unsaturated/α-hetero) is 1. The Morgan fingerprint density at radius 1 is 0.644 bits per heavy atom. The van der Waals surface area contributed by atoms with Crippen LogP contribution < -0.4 is 5.73 Å². The zero-order valence-electron chi connectivity index (χ0n) is 40.1. The highest BCUT2D eigenvalue weighted by molar-refractivity contribution is 5.88. The first-order chi connectivity index (χ1) is 33.6. The van der Waals surface area contributed by atoms with Gasteiger partial charge < -0.3 is 20.3 Å². The number of amides is 2. The van der Waals surface area contributed by atoms with Gasteiger partial charge in [-0.2, -0.15) is 26.3 Å². The van der Waals surface area contributed by atoms with E-state index in [1.165, 1.54) is 30.9 Å². The van der Waals surface area contributed by atoms with Gasteiger partial charge in [0.1, 0.15) is 41.3 Å². The molecule has 6 heterocycles. The summed E-state index contributed by atoms with van der Waals surface area (Å²) in [6.45, 7) is 9.60. The van der Waals surface area contributed by atoms with E-state index in [2.05, 4.69) is 29.9 Å². The largest absolute Gasteiger partial charge is 0.480 e. The fraction of sp³-hybridized carbons (Fsp3) is 0.532. The number of halogens is 10. The topological polar surface area (TPSA) is 217 Å². The van der Waals surface area contributed by atoms with Crippen molar-refractivity contribution in [3.63, 3.8) is 0 Å². The Balaban J connectivity index is 0.000000197. The number of carboxylic acid groups (broad SMARTS) is 1. The van der Waals surface area contributed by atoms with Gasteiger partial charge in [-0.1, -0.05) is 0 Å². The Morgan fingerprint density at radius 2 is 1.04 bits per heavy atom. The predicted molar refractivity (Wildman–Crippen MR) is 236 cm³/mol. The van der Waals surface area contributed by atoms with Crippen molar-refractivity contribution in [2.45, 2.75) is 134 Å². The fourth-order valence-electron chi connectivity index (χ4n) is 8.25. The molecular weight excluding hydrogens is 993 g/mol. The zero-order chi connectivity index (χ0) is 54.3. The number of aromatic nitrogens is 6. The van der Waals surface area contributed by atoms with Crippen molar-refractivity contribution >= 4 is 23.9 Å². The molecule has 4 atom stereocenters. The molecule has 2 aliphatic heterocycles. The molecule has 2 amide bonds. The van der Waals surface area contributed by atoms with Gasteiger partial charge in [0.15, 0.2) is 5.78 Å². The summed E-state index contributed by atoms with van der Waals surface area (Å²) in [5.41, 5.74) is 1.73. The molecule has 0 aromatic carbocycles. The van der Waals surface area contributed by atoms with E-state index in [1.807, 2.05) is 0 Å². The van der Waals surface area contributed by atoms with Crippen molar-refractivity contribution in [1.29, 1.82) is 0 Å². The molecule has 2 spiro atoms. The van der Waals surface area contributed by atoms with Gasteiger partial charge in [0.2, 0.25) is 0 Å². The molecule has 4 aromatic rings. The first kappa shape index (κ1) is 55.7. The van der Waals surface area contributed by atoms with E-state index < -0.39 is 93.6 Å². The minimum atomic E-state index is -4.56. The highest BCUT2D eigenvalue weighted by atomic mass is 19.4. The molecule has 73 heavy (non-hydrogen) atoms. The van der Waals surface area contributed by atoms with E-state index >= 15 is 0 Å². The van der Waals surface area contributed by atoms with Gasteiger partial charge in [-0.25, -0.2) is 51.9 Å². The Morgan fingerprint density at radius 3 is 1.40 bits per heavy atom. The van der Waals surface area contributed by atoms with Gasteiger partial charge in [-0.3, -0.25) is 24.6 Å². The summed E-state index contributed by atoms with van der Waals surface area (Å²) in [5, 5.41) is 9.07. The summed E-state index contributed by atoms with van der Waals surface area (Å²) in [4.78, 5) is 73.6. The Hall–Kier alpha value is -6.60. The number of alkyl halides is 10. The third-order valence-electron chi connectivity index (χ3n) is 12.2. The third-order valence-corrected chi connectivity index (χ3v) is 12.2. The second-order valence-corrected chi connectivity index (χ2v) is 20.1. The maximum Gasteiger partial charge on any atom is 0.433 e. The van der Waals surface area contributed by atoms with Crippen LogP contribution in [0.1, 0.15) is 96.4 Å². The standard InChI is InChI=1S/C24H25F5N4O3.C12H17F2NO4.C11H9F3N4/c1-21(2,3)36-20(35)33-12-22(11-23(22,25)26)9-17(33)18(34)6-5-15-8-16(32-13-31-15)14-4-7-19(30-10-14)24(27,28)29;1-10(2,3)19-9(18)15-6-11(5-12(11,13)14)4-7(15)8(16)17;12-11(13,14)10-2-1-7(5-16-10)9-3-8(4-15)17-6-18-9/h4,7-8,10,13,17H,5-6,9,11-12H2,1-3H3;7H,4-6H2,1-3H3,(H,16,17);1-3,5-6H,4,15H2/t17-,22?;7-,11?;/m00./s1. The van der Waals surface area contributed by atoms with Crippen LogP contribution >= 0.6 is 0 Å². The van der Waals surface area contributed by atoms with E-state index in [0.29, 0.717) is 33.9 Å². The van der Waals surface area contributed by atoms with Crippen molar-refractivity contribution in [2.24, 2.45) is 16.6 Å². The number of aliphatic carboxylic acids is 1. The molecule has 2 aliphatic carbocycles. The maximum absolute atomic E-state index is 14.1. The predicted octanol–water partition coefficient (Wildman–Crippen LogP) is 9.22. The number of hydrogen-bond acceptors (Lipinski definition) is 13. The second-order valence-electron chi connectivity index (χ2n) is 20.1. The first-order valence-corrected chi connectivity index (χ1v) is 22.5. The zero-order valence-corrected chi connectivity index (χ0v) is 40.1. The number of ether oxygens (including phenoxy) is 2. The van der Waals surface area contributed by atoms with Gasteiger partial charge in [-0.15, -0.1) is 0 Å². The number of nitrogens with zero attached hydrogens (tertiary/aromatic N) is 8. The molecule has 0 radical (unpaired) electrons. The number of hydrogen-bond donors (Lipinski definition) is 2. The molecule has 16 nitrogen and oxygen atoms in total. The molecule has 3 N–H and O–H groups in total. The lowest BCUT2D eigenvalue weighted by Crippen LogP contribution is -2.43. The number of carbonyl (C=O) groups excluding carboxylic acids is 3. The SMILES string of the molecule is CC(C)(C)OC(=O)N1CC2(C[C@H]1C(=O)CCc1cc(-c3ccc(C(F)(F)F)nc3)ncn1)CC2(F)F.CC(C)(C)OC(=O)N1CC2(C[C@H]1C(=O)O)CC2(F)F.NCc1cc(-c2ccc(C(F)(F)F)nc2)ncn1. The molecule has 0 bridgehead atoms. The Labute approximate surface area is 411 Å². The quantitative estimate of drug-likeness (QED) is 0.157. The number of nitrogens with two attached hydrogens (primary N) is 1. The van der Waals surface area contributed by atoms with Crippen LogP contribution in [0.25, 0.3) is 22.5 Å². The van der Waals surface area contributed by atoms with Crippen LogP contribution in [0.5, 0.6) is 0 Å². The summed E-state index contributed by atoms with van der Waals surface area (Å²) in [6, 6.07) is 5.18. The van der Waals surface area contributed by atoms with E-state index in [1.54, 1.807) is 47.6 Å². The maximum atomic E-state index is 14.1. The molecule has 8 rings (SSSR count). The normalized spacial score (nSPS) is 22.7. The fourth-order valence-corrected chi connectivity index (χ4v) is 8.25. The van der Waals surface area contributed by atoms with Crippen LogP contribution in [0, 0.1) is 10.8 Å². The Bertz CT molecular complexity index is 2680. The highest BCUT2D eigenvalue weighted by Gasteiger charge is 2.76. The van der Waals surface area contributed by atoms with E-state index in [0.717, 1.165) is 34.3 Å². The van der Waals surface area contributed by atoms with Crippen molar-refractivity contribution in [1.82, 2.24) is 39.7 Å². The lowest BCUT2D eigenvalue weighted by atomic mass is 9.97. The highest BCUT2D eigenvalue weighted by Crippen LogP contribution is 2.67. The van der Waals surface area contributed by atoms with Crippen LogP contribution in [0.15, 0.2) is 61.4 Å². The lowest BCUT2D eigenvalue weighted by molar-refractivity contribution is -0.142. The molecule has 2 saturated heterocycles. The molecule has 4 fully saturated rings. The van der Waals surface area contributed by atoms with Crippen molar-refractivity contribution in [3.8, 4) is 22.5 Å². The summed E-state index contributed by atoms with van der Waals surface area (Å²) in [7, 11) is 0. The monoisotopic (exact) mass is 1040 g/mol. The molecule has 26 heteroatoms. The second kappa shape index (κ2) is 20.0. The van der Waals surface area contributed by atoms with Crippen LogP contribution in [-0.4, -0.2) is 117 Å². The van der Waals surface area contributed by atoms with Crippen LogP contribution in [-0.2, 0) is 44.4 Å². The summed E-state index contributed by atoms with van der Waals surface area (Å²) >= 11 is 0. The van der Waals surface area contributed by atoms with Gasteiger partial charge in [-0.05, 0) is 97.2 Å². The minimum Gasteiger partial charge on any atom is -0.480 e.